The summed E-state index contributed by atoms with van der Waals surface area (Å²) >= 11 is 0. The van der Waals surface area contributed by atoms with Crippen LogP contribution in [0.4, 0.5) is 0 Å². The molecular formula is C64H119NO5. The minimum Gasteiger partial charge on any atom is -0.466 e. The Morgan fingerprint density at radius 3 is 1.10 bits per heavy atom. The van der Waals surface area contributed by atoms with Crippen molar-refractivity contribution in [1.29, 1.82) is 0 Å². The van der Waals surface area contributed by atoms with E-state index in [1.54, 1.807) is 6.08 Å². The SMILES string of the molecule is CCCCCCCCC/C=C\CCCCCCCCCC(=O)OCCCCCCCCCCC/C=C\C/C=C\CCCCCCCCCCCC(=O)NC(CO)C(O)/C=C/CCCCCCCCCC. The summed E-state index contributed by atoms with van der Waals surface area (Å²) in [6.45, 7) is 4.88. The number of amides is 1. The lowest BCUT2D eigenvalue weighted by Gasteiger charge is -2.20. The Balaban J connectivity index is 3.42. The molecule has 0 aliphatic carbocycles. The summed E-state index contributed by atoms with van der Waals surface area (Å²) in [7, 11) is 0. The highest BCUT2D eigenvalue weighted by Gasteiger charge is 2.18. The van der Waals surface area contributed by atoms with Crippen LogP contribution in [-0.4, -0.2) is 47.4 Å². The van der Waals surface area contributed by atoms with E-state index in [1.807, 2.05) is 6.08 Å². The minimum atomic E-state index is -0.847. The maximum atomic E-state index is 12.4. The zero-order valence-corrected chi connectivity index (χ0v) is 46.7. The molecule has 0 aliphatic heterocycles. The summed E-state index contributed by atoms with van der Waals surface area (Å²) in [5, 5.41) is 23.0. The maximum absolute atomic E-state index is 12.4. The van der Waals surface area contributed by atoms with Crippen molar-refractivity contribution in [1.82, 2.24) is 5.32 Å². The van der Waals surface area contributed by atoms with Gasteiger partial charge in [0.15, 0.2) is 0 Å². The van der Waals surface area contributed by atoms with Crippen LogP contribution in [0.3, 0.4) is 0 Å². The average molecular weight is 983 g/mol. The van der Waals surface area contributed by atoms with Crippen molar-refractivity contribution in [3.8, 4) is 0 Å². The van der Waals surface area contributed by atoms with Crippen molar-refractivity contribution in [2.75, 3.05) is 13.2 Å². The second-order valence-electron chi connectivity index (χ2n) is 21.0. The molecule has 0 fully saturated rings. The smallest absolute Gasteiger partial charge is 0.305 e. The number of carbonyl (C=O) groups excluding carboxylic acids is 2. The van der Waals surface area contributed by atoms with Crippen molar-refractivity contribution >= 4 is 11.9 Å². The second-order valence-corrected chi connectivity index (χ2v) is 21.0. The van der Waals surface area contributed by atoms with Gasteiger partial charge in [-0.15, -0.1) is 0 Å². The number of rotatable bonds is 57. The number of hydrogen-bond donors (Lipinski definition) is 3. The van der Waals surface area contributed by atoms with Crippen LogP contribution >= 0.6 is 0 Å². The molecule has 0 rings (SSSR count). The third kappa shape index (κ3) is 55.1. The third-order valence-corrected chi connectivity index (χ3v) is 14.1. The number of unbranched alkanes of at least 4 members (excludes halogenated alkanes) is 40. The van der Waals surface area contributed by atoms with Crippen molar-refractivity contribution in [3.63, 3.8) is 0 Å². The molecule has 0 saturated heterocycles. The molecule has 0 aromatic heterocycles. The van der Waals surface area contributed by atoms with E-state index < -0.39 is 12.1 Å². The van der Waals surface area contributed by atoms with Crippen LogP contribution in [0.5, 0.6) is 0 Å². The lowest BCUT2D eigenvalue weighted by Crippen LogP contribution is -2.45. The summed E-state index contributed by atoms with van der Waals surface area (Å²) in [5.74, 6) is -0.0711. The number of hydrogen-bond acceptors (Lipinski definition) is 5. The van der Waals surface area contributed by atoms with Gasteiger partial charge in [0.2, 0.25) is 5.91 Å². The summed E-state index contributed by atoms with van der Waals surface area (Å²) < 4.78 is 5.49. The van der Waals surface area contributed by atoms with Crippen LogP contribution in [0.2, 0.25) is 0 Å². The van der Waals surface area contributed by atoms with Crippen molar-refractivity contribution in [2.45, 2.75) is 334 Å². The van der Waals surface area contributed by atoms with Gasteiger partial charge in [0, 0.05) is 12.8 Å². The van der Waals surface area contributed by atoms with Gasteiger partial charge in [-0.25, -0.2) is 0 Å². The molecule has 6 heteroatoms. The largest absolute Gasteiger partial charge is 0.466 e. The standard InChI is InChI=1S/C64H119NO5/c1-3-5-7-9-11-13-15-16-17-18-29-32-35-38-42-46-50-54-58-64(69)70-59-55-51-47-43-39-36-33-30-27-25-23-21-19-20-22-24-26-28-31-34-37-41-45-49-53-57-63(68)65-61(60-66)62(67)56-52-48-44-40-14-12-10-8-6-4-2/h17-18,20-23,52,56,61-62,66-67H,3-16,19,24-51,53-55,57-60H2,1-2H3,(H,65,68)/b18-17-,22-20-,23-21-,56-52+. The van der Waals surface area contributed by atoms with Crippen LogP contribution in [0.25, 0.3) is 0 Å². The van der Waals surface area contributed by atoms with E-state index >= 15 is 0 Å². The molecule has 2 atom stereocenters. The fourth-order valence-electron chi connectivity index (χ4n) is 9.31. The van der Waals surface area contributed by atoms with Gasteiger partial charge in [-0.3, -0.25) is 9.59 Å². The van der Waals surface area contributed by atoms with Crippen LogP contribution in [0.15, 0.2) is 48.6 Å². The Hall–Kier alpha value is -2.18. The van der Waals surface area contributed by atoms with Gasteiger partial charge in [-0.1, -0.05) is 268 Å². The molecule has 410 valence electrons. The first-order chi connectivity index (χ1) is 34.5. The van der Waals surface area contributed by atoms with E-state index in [4.69, 9.17) is 4.74 Å². The normalized spacial score (nSPS) is 12.9. The predicted molar refractivity (Wildman–Crippen MR) is 306 cm³/mol. The third-order valence-electron chi connectivity index (χ3n) is 14.1. The molecular weight excluding hydrogens is 863 g/mol. The van der Waals surface area contributed by atoms with Gasteiger partial charge in [0.25, 0.3) is 0 Å². The van der Waals surface area contributed by atoms with Crippen molar-refractivity contribution in [3.05, 3.63) is 48.6 Å². The van der Waals surface area contributed by atoms with Crippen LogP contribution in [0.1, 0.15) is 322 Å². The topological polar surface area (TPSA) is 95.9 Å². The summed E-state index contributed by atoms with van der Waals surface area (Å²) in [4.78, 5) is 24.5. The molecule has 6 nitrogen and oxygen atoms in total. The number of allylic oxidation sites excluding steroid dienone is 7. The molecule has 0 bridgehead atoms. The van der Waals surface area contributed by atoms with E-state index in [0.29, 0.717) is 19.4 Å². The van der Waals surface area contributed by atoms with Gasteiger partial charge in [-0.2, -0.15) is 0 Å². The molecule has 0 radical (unpaired) electrons. The Morgan fingerprint density at radius 1 is 0.400 bits per heavy atom. The average Bonchev–Trinajstić information content (AvgIpc) is 3.36. The lowest BCUT2D eigenvalue weighted by molar-refractivity contribution is -0.143. The molecule has 2 unspecified atom stereocenters. The Labute approximate surface area is 436 Å². The molecule has 0 aromatic rings. The van der Waals surface area contributed by atoms with E-state index in [2.05, 4.69) is 55.6 Å². The first kappa shape index (κ1) is 67.8. The summed E-state index contributed by atoms with van der Waals surface area (Å²) in [5.41, 5.74) is 0. The zero-order chi connectivity index (χ0) is 50.7. The number of esters is 1. The van der Waals surface area contributed by atoms with E-state index in [9.17, 15) is 19.8 Å². The van der Waals surface area contributed by atoms with Crippen LogP contribution in [-0.2, 0) is 14.3 Å². The number of aliphatic hydroxyl groups excluding tert-OH is 2. The molecule has 3 N–H and O–H groups in total. The molecule has 0 spiro atoms. The fraction of sp³-hybridized carbons (Fsp3) is 0.844. The molecule has 0 aromatic carbocycles. The molecule has 70 heavy (non-hydrogen) atoms. The van der Waals surface area contributed by atoms with Gasteiger partial charge < -0.3 is 20.3 Å². The predicted octanol–water partition coefficient (Wildman–Crippen LogP) is 19.4. The van der Waals surface area contributed by atoms with E-state index in [1.165, 1.54) is 244 Å². The van der Waals surface area contributed by atoms with E-state index in [0.717, 1.165) is 51.4 Å². The summed E-state index contributed by atoms with van der Waals surface area (Å²) in [6.07, 6.45) is 75.9. The maximum Gasteiger partial charge on any atom is 0.305 e. The lowest BCUT2D eigenvalue weighted by atomic mass is 10.0. The first-order valence-corrected chi connectivity index (χ1v) is 30.9. The highest BCUT2D eigenvalue weighted by Crippen LogP contribution is 2.16. The Kier molecular flexibility index (Phi) is 57.5. The Bertz CT molecular complexity index is 1180. The first-order valence-electron chi connectivity index (χ1n) is 30.9. The molecule has 0 aliphatic rings. The highest BCUT2D eigenvalue weighted by molar-refractivity contribution is 5.76. The zero-order valence-electron chi connectivity index (χ0n) is 46.7. The Morgan fingerprint density at radius 2 is 0.714 bits per heavy atom. The van der Waals surface area contributed by atoms with Gasteiger partial charge in [0.1, 0.15) is 0 Å². The number of aliphatic hydroxyl groups is 2. The molecule has 0 saturated carbocycles. The van der Waals surface area contributed by atoms with Gasteiger partial charge in [0.05, 0.1) is 25.4 Å². The van der Waals surface area contributed by atoms with Crippen LogP contribution < -0.4 is 5.32 Å². The second kappa shape index (κ2) is 59.4. The number of ether oxygens (including phenoxy) is 1. The van der Waals surface area contributed by atoms with Gasteiger partial charge >= 0.3 is 5.97 Å². The minimum absolute atomic E-state index is 0.00522. The van der Waals surface area contributed by atoms with Crippen molar-refractivity contribution < 1.29 is 24.5 Å². The van der Waals surface area contributed by atoms with Crippen molar-refractivity contribution in [2.24, 2.45) is 0 Å². The van der Waals surface area contributed by atoms with Gasteiger partial charge in [-0.05, 0) is 89.9 Å². The van der Waals surface area contributed by atoms with E-state index in [-0.39, 0.29) is 18.5 Å². The molecule has 1 amide bonds. The number of nitrogens with one attached hydrogen (secondary N) is 1. The molecule has 0 heterocycles. The highest BCUT2D eigenvalue weighted by atomic mass is 16.5. The van der Waals surface area contributed by atoms with Crippen LogP contribution in [0, 0.1) is 0 Å². The fourth-order valence-corrected chi connectivity index (χ4v) is 9.31. The quantitative estimate of drug-likeness (QED) is 0.0321. The summed E-state index contributed by atoms with van der Waals surface area (Å²) in [6, 6.07) is -0.631. The monoisotopic (exact) mass is 982 g/mol. The number of carbonyl (C=O) groups is 2.